The van der Waals surface area contributed by atoms with Crippen molar-refractivity contribution in [2.75, 3.05) is 13.7 Å². The van der Waals surface area contributed by atoms with Crippen LogP contribution in [0, 0.1) is 11.8 Å². The molecule has 6 heteroatoms. The second kappa shape index (κ2) is 11.6. The quantitative estimate of drug-likeness (QED) is 0.467. The van der Waals surface area contributed by atoms with Gasteiger partial charge in [0.2, 0.25) is 5.91 Å². The summed E-state index contributed by atoms with van der Waals surface area (Å²) in [5.41, 5.74) is 2.41. The summed E-state index contributed by atoms with van der Waals surface area (Å²) in [4.78, 5) is 31.5. The molecule has 1 aromatic heterocycles. The van der Waals surface area contributed by atoms with E-state index in [9.17, 15) is 9.59 Å². The van der Waals surface area contributed by atoms with Crippen molar-refractivity contribution in [3.05, 3.63) is 65.9 Å². The number of carbonyl (C=O) groups is 2. The summed E-state index contributed by atoms with van der Waals surface area (Å²) in [7, 11) is 1.64. The van der Waals surface area contributed by atoms with Crippen molar-refractivity contribution in [3.63, 3.8) is 0 Å². The Morgan fingerprint density at radius 3 is 2.54 bits per heavy atom. The van der Waals surface area contributed by atoms with Gasteiger partial charge in [0, 0.05) is 40.7 Å². The molecule has 0 fully saturated rings. The Morgan fingerprint density at radius 2 is 1.89 bits per heavy atom. The molecule has 3 aromatic rings. The van der Waals surface area contributed by atoms with E-state index in [-0.39, 0.29) is 11.8 Å². The average Bonchev–Trinajstić information content (AvgIpc) is 3.23. The van der Waals surface area contributed by atoms with Crippen LogP contribution in [0.1, 0.15) is 51.7 Å². The van der Waals surface area contributed by atoms with Gasteiger partial charge in [-0.2, -0.15) is 0 Å². The summed E-state index contributed by atoms with van der Waals surface area (Å²) in [6.07, 6.45) is 3.85. The summed E-state index contributed by atoms with van der Waals surface area (Å²) >= 11 is 0. The van der Waals surface area contributed by atoms with E-state index in [1.165, 1.54) is 0 Å². The number of amides is 2. The fourth-order valence-electron chi connectivity index (χ4n) is 4.00. The van der Waals surface area contributed by atoms with Crippen molar-refractivity contribution in [1.29, 1.82) is 0 Å². The molecular weight excluding hydrogens is 438 g/mol. The van der Waals surface area contributed by atoms with E-state index in [0.717, 1.165) is 34.2 Å². The van der Waals surface area contributed by atoms with Crippen LogP contribution in [0.2, 0.25) is 0 Å². The Morgan fingerprint density at radius 1 is 1.14 bits per heavy atom. The van der Waals surface area contributed by atoms with Gasteiger partial charge in [-0.25, -0.2) is 0 Å². The first-order chi connectivity index (χ1) is 16.7. The lowest BCUT2D eigenvalue weighted by atomic mass is 10.0. The van der Waals surface area contributed by atoms with Crippen molar-refractivity contribution >= 4 is 22.7 Å². The van der Waals surface area contributed by atoms with Crippen LogP contribution in [0.3, 0.4) is 0 Å². The Bertz CT molecular complexity index is 1210. The molecule has 2 aromatic carbocycles. The standard InChI is InChI=1S/C29H35N3O3/c1-6-10-26(28(34)31-29(2,3)4)32(27(33)16-13-21-11-8-7-9-12-21)18-17-22-20-30-25-15-14-23(35-5)19-24(22)25/h7-9,11-12,14-15,19-20,26,30H,6,10,17-18H2,1-5H3,(H,31,34). The second-order valence-electron chi connectivity index (χ2n) is 9.63. The number of aromatic nitrogens is 1. The van der Waals surface area contributed by atoms with Gasteiger partial charge >= 0.3 is 0 Å². The Kier molecular flexibility index (Phi) is 8.59. The highest BCUT2D eigenvalue weighted by Crippen LogP contribution is 2.24. The van der Waals surface area contributed by atoms with Crippen molar-refractivity contribution < 1.29 is 14.3 Å². The van der Waals surface area contributed by atoms with E-state index >= 15 is 0 Å². The molecule has 0 aliphatic heterocycles. The van der Waals surface area contributed by atoms with E-state index < -0.39 is 11.6 Å². The number of H-pyrrole nitrogens is 1. The van der Waals surface area contributed by atoms with Crippen molar-refractivity contribution in [3.8, 4) is 17.6 Å². The highest BCUT2D eigenvalue weighted by Gasteiger charge is 2.30. The summed E-state index contributed by atoms with van der Waals surface area (Å²) in [6.45, 7) is 8.20. The van der Waals surface area contributed by atoms with Crippen LogP contribution in [0.25, 0.3) is 10.9 Å². The molecule has 184 valence electrons. The molecule has 1 heterocycles. The minimum absolute atomic E-state index is 0.158. The maximum Gasteiger partial charge on any atom is 0.299 e. The van der Waals surface area contributed by atoms with Crippen molar-refractivity contribution in [2.45, 2.75) is 58.5 Å². The van der Waals surface area contributed by atoms with Crippen LogP contribution in [-0.2, 0) is 16.0 Å². The minimum atomic E-state index is -0.600. The molecular formula is C29H35N3O3. The van der Waals surface area contributed by atoms with E-state index in [2.05, 4.69) is 22.1 Å². The number of nitrogens with one attached hydrogen (secondary N) is 2. The number of benzene rings is 2. The molecule has 0 radical (unpaired) electrons. The number of hydrogen-bond donors (Lipinski definition) is 2. The molecule has 3 rings (SSSR count). The van der Waals surface area contributed by atoms with Gasteiger partial charge in [0.05, 0.1) is 7.11 Å². The molecule has 1 unspecified atom stereocenters. The highest BCUT2D eigenvalue weighted by molar-refractivity contribution is 5.97. The summed E-state index contributed by atoms with van der Waals surface area (Å²) in [6, 6.07) is 14.7. The molecule has 2 N–H and O–H groups in total. The van der Waals surface area contributed by atoms with E-state index in [0.29, 0.717) is 19.4 Å². The van der Waals surface area contributed by atoms with Crippen LogP contribution in [0.5, 0.6) is 5.75 Å². The second-order valence-corrected chi connectivity index (χ2v) is 9.63. The third-order valence-corrected chi connectivity index (χ3v) is 5.68. The van der Waals surface area contributed by atoms with Gasteiger partial charge < -0.3 is 19.9 Å². The third-order valence-electron chi connectivity index (χ3n) is 5.68. The molecule has 0 saturated carbocycles. The molecule has 0 spiro atoms. The molecule has 35 heavy (non-hydrogen) atoms. The molecule has 0 aliphatic carbocycles. The highest BCUT2D eigenvalue weighted by atomic mass is 16.5. The topological polar surface area (TPSA) is 74.4 Å². The molecule has 6 nitrogen and oxygen atoms in total. The van der Waals surface area contributed by atoms with E-state index in [1.54, 1.807) is 12.0 Å². The molecule has 0 saturated heterocycles. The summed E-state index contributed by atoms with van der Waals surface area (Å²) in [5, 5.41) is 4.09. The normalized spacial score (nSPS) is 11.9. The van der Waals surface area contributed by atoms with Gasteiger partial charge in [-0.1, -0.05) is 37.5 Å². The predicted molar refractivity (Wildman–Crippen MR) is 140 cm³/mol. The molecule has 0 aliphatic rings. The smallest absolute Gasteiger partial charge is 0.299 e. The van der Waals surface area contributed by atoms with Crippen LogP contribution in [0.4, 0.5) is 0 Å². The first kappa shape index (κ1) is 25.9. The van der Waals surface area contributed by atoms with Gasteiger partial charge in [-0.15, -0.1) is 0 Å². The first-order valence-corrected chi connectivity index (χ1v) is 12.1. The van der Waals surface area contributed by atoms with Crippen LogP contribution >= 0.6 is 0 Å². The maximum atomic E-state index is 13.4. The van der Waals surface area contributed by atoms with Crippen LogP contribution < -0.4 is 10.1 Å². The zero-order valence-corrected chi connectivity index (χ0v) is 21.3. The Balaban J connectivity index is 1.91. The summed E-state index contributed by atoms with van der Waals surface area (Å²) in [5.74, 6) is 5.98. The first-order valence-electron chi connectivity index (χ1n) is 12.1. The maximum absolute atomic E-state index is 13.4. The zero-order chi connectivity index (χ0) is 25.4. The fourth-order valence-corrected chi connectivity index (χ4v) is 4.00. The number of nitrogens with zero attached hydrogens (tertiary/aromatic N) is 1. The fraction of sp³-hybridized carbons (Fsp3) is 0.379. The number of ether oxygens (including phenoxy) is 1. The predicted octanol–water partition coefficient (Wildman–Crippen LogP) is 4.68. The number of aromatic amines is 1. The lowest BCUT2D eigenvalue weighted by Crippen LogP contribution is -2.54. The number of methoxy groups -OCH3 is 1. The van der Waals surface area contributed by atoms with Gasteiger partial charge in [0.1, 0.15) is 11.8 Å². The summed E-state index contributed by atoms with van der Waals surface area (Å²) < 4.78 is 5.38. The SMILES string of the molecule is CCCC(C(=O)NC(C)(C)C)N(CCc1c[nH]c2ccc(OC)cc12)C(=O)C#Cc1ccccc1. The van der Waals surface area contributed by atoms with Gasteiger partial charge in [0.25, 0.3) is 5.91 Å². The zero-order valence-electron chi connectivity index (χ0n) is 21.3. The van der Waals surface area contributed by atoms with E-state index in [4.69, 9.17) is 4.74 Å². The van der Waals surface area contributed by atoms with Crippen molar-refractivity contribution in [2.24, 2.45) is 0 Å². The number of fused-ring (bicyclic) bond motifs is 1. The minimum Gasteiger partial charge on any atom is -0.497 e. The molecule has 1 atom stereocenters. The lowest BCUT2D eigenvalue weighted by Gasteiger charge is -2.32. The number of carbonyl (C=O) groups excluding carboxylic acids is 2. The monoisotopic (exact) mass is 473 g/mol. The third kappa shape index (κ3) is 7.13. The van der Waals surface area contributed by atoms with Crippen LogP contribution in [-0.4, -0.2) is 46.9 Å². The average molecular weight is 474 g/mol. The Labute approximate surface area is 208 Å². The number of hydrogen-bond acceptors (Lipinski definition) is 3. The number of rotatable bonds is 8. The van der Waals surface area contributed by atoms with Gasteiger partial charge in [0.15, 0.2) is 0 Å². The molecule has 0 bridgehead atoms. The molecule has 2 amide bonds. The van der Waals surface area contributed by atoms with Gasteiger partial charge in [-0.05, 0) is 69.5 Å². The lowest BCUT2D eigenvalue weighted by molar-refractivity contribution is -0.137. The van der Waals surface area contributed by atoms with Gasteiger partial charge in [-0.3, -0.25) is 9.59 Å². The largest absolute Gasteiger partial charge is 0.497 e. The van der Waals surface area contributed by atoms with E-state index in [1.807, 2.05) is 82.4 Å². The van der Waals surface area contributed by atoms with Crippen LogP contribution in [0.15, 0.2) is 54.7 Å². The van der Waals surface area contributed by atoms with Crippen molar-refractivity contribution in [1.82, 2.24) is 15.2 Å². The Hall–Kier alpha value is -3.72.